The lowest BCUT2D eigenvalue weighted by Crippen LogP contribution is -2.32. The van der Waals surface area contributed by atoms with Crippen LogP contribution in [0.3, 0.4) is 0 Å². The molecule has 0 aliphatic carbocycles. The van der Waals surface area contributed by atoms with Gasteiger partial charge in [0, 0.05) is 24.3 Å². The zero-order valence-electron chi connectivity index (χ0n) is 18.0. The van der Waals surface area contributed by atoms with Crippen molar-refractivity contribution in [3.8, 4) is 11.4 Å². The lowest BCUT2D eigenvalue weighted by Gasteiger charge is -2.26. The van der Waals surface area contributed by atoms with Gasteiger partial charge in [-0.2, -0.15) is 0 Å². The number of rotatable bonds is 6. The second kappa shape index (κ2) is 8.86. The number of hydrogen-bond acceptors (Lipinski definition) is 5. The molecule has 158 valence electrons. The first-order chi connectivity index (χ1) is 15.3. The van der Waals surface area contributed by atoms with Gasteiger partial charge in [0.05, 0.1) is 0 Å². The summed E-state index contributed by atoms with van der Waals surface area (Å²) in [4.78, 5) is 17.1. The molecule has 6 nitrogen and oxygen atoms in total. The normalized spacial score (nSPS) is 14.7. The van der Waals surface area contributed by atoms with Gasteiger partial charge >= 0.3 is 0 Å². The largest absolute Gasteiger partial charge is 0.338 e. The first-order valence-electron chi connectivity index (χ1n) is 11.1. The molecule has 0 bridgehead atoms. The lowest BCUT2D eigenvalue weighted by molar-refractivity contribution is 0.222. The van der Waals surface area contributed by atoms with Crippen molar-refractivity contribution in [1.29, 1.82) is 0 Å². The van der Waals surface area contributed by atoms with Gasteiger partial charge in [-0.05, 0) is 45.0 Å². The van der Waals surface area contributed by atoms with Gasteiger partial charge in [0.25, 0.3) is 0 Å². The summed E-state index contributed by atoms with van der Waals surface area (Å²) in [6.07, 6.45) is 3.94. The predicted octanol–water partition coefficient (Wildman–Crippen LogP) is 5.03. The Kier molecular flexibility index (Phi) is 5.63. The van der Waals surface area contributed by atoms with Crippen LogP contribution in [0.25, 0.3) is 22.6 Å². The first-order valence-corrected chi connectivity index (χ1v) is 11.1. The fraction of sp³-hybridized carbons (Fsp3) is 0.320. The second-order valence-electron chi connectivity index (χ2n) is 8.14. The van der Waals surface area contributed by atoms with E-state index in [1.165, 1.54) is 32.4 Å². The minimum absolute atomic E-state index is 0.740. The minimum atomic E-state index is 0.740. The van der Waals surface area contributed by atoms with E-state index < -0.39 is 0 Å². The molecule has 0 spiro atoms. The third-order valence-electron chi connectivity index (χ3n) is 5.86. The number of fused-ring (bicyclic) bond motifs is 1. The van der Waals surface area contributed by atoms with Gasteiger partial charge in [-0.25, -0.2) is 15.0 Å². The number of imidazole rings is 1. The van der Waals surface area contributed by atoms with E-state index in [0.29, 0.717) is 0 Å². The Hall–Kier alpha value is -3.25. The Labute approximate surface area is 183 Å². The van der Waals surface area contributed by atoms with Gasteiger partial charge in [-0.15, -0.1) is 0 Å². The zero-order valence-corrected chi connectivity index (χ0v) is 18.0. The van der Waals surface area contributed by atoms with Crippen molar-refractivity contribution in [2.75, 3.05) is 25.0 Å². The highest BCUT2D eigenvalue weighted by molar-refractivity contribution is 5.88. The van der Waals surface area contributed by atoms with Crippen LogP contribution in [0.5, 0.6) is 0 Å². The number of likely N-dealkylation sites (tertiary alicyclic amines) is 1. The van der Waals surface area contributed by atoms with Crippen molar-refractivity contribution >= 4 is 22.7 Å². The first kappa shape index (κ1) is 19.7. The van der Waals surface area contributed by atoms with Gasteiger partial charge in [0.2, 0.25) is 0 Å². The van der Waals surface area contributed by atoms with Crippen LogP contribution in [0.1, 0.15) is 25.1 Å². The minimum Gasteiger partial charge on any atom is -0.338 e. The average molecular weight is 413 g/mol. The topological polar surface area (TPSA) is 58.9 Å². The van der Waals surface area contributed by atoms with Crippen LogP contribution in [0, 0.1) is 6.92 Å². The summed E-state index contributed by atoms with van der Waals surface area (Å²) in [5.74, 6) is 2.44. The molecule has 1 aliphatic heterocycles. The van der Waals surface area contributed by atoms with E-state index in [1.54, 1.807) is 0 Å². The number of nitrogens with zero attached hydrogens (tertiary/aromatic N) is 5. The van der Waals surface area contributed by atoms with Gasteiger partial charge in [-0.3, -0.25) is 0 Å². The summed E-state index contributed by atoms with van der Waals surface area (Å²) in [5, 5.41) is 3.45. The van der Waals surface area contributed by atoms with E-state index in [1.807, 2.05) is 43.3 Å². The molecule has 0 amide bonds. The van der Waals surface area contributed by atoms with Crippen molar-refractivity contribution in [2.45, 2.75) is 32.7 Å². The summed E-state index contributed by atoms with van der Waals surface area (Å²) in [5.41, 5.74) is 3.79. The predicted molar refractivity (Wildman–Crippen MR) is 126 cm³/mol. The Morgan fingerprint density at radius 2 is 1.52 bits per heavy atom. The molecule has 0 unspecified atom stereocenters. The molecule has 31 heavy (non-hydrogen) atoms. The van der Waals surface area contributed by atoms with Crippen LogP contribution in [0.2, 0.25) is 0 Å². The zero-order chi connectivity index (χ0) is 21.0. The third-order valence-corrected chi connectivity index (χ3v) is 5.86. The molecule has 6 heteroatoms. The highest BCUT2D eigenvalue weighted by atomic mass is 15.2. The molecule has 4 aromatic rings. The molecule has 1 N–H and O–H groups in total. The number of aryl methyl sites for hydroxylation is 1. The van der Waals surface area contributed by atoms with Crippen molar-refractivity contribution in [3.05, 3.63) is 66.5 Å². The van der Waals surface area contributed by atoms with E-state index >= 15 is 0 Å². The maximum atomic E-state index is 5.04. The second-order valence-corrected chi connectivity index (χ2v) is 8.14. The number of nitrogens with one attached hydrogen (secondary N) is 1. The molecular formula is C25H28N6. The maximum Gasteiger partial charge on any atom is 0.166 e. The smallest absolute Gasteiger partial charge is 0.166 e. The molecule has 1 aliphatic rings. The number of anilines is 2. The van der Waals surface area contributed by atoms with Crippen molar-refractivity contribution < 1.29 is 0 Å². The molecule has 2 aromatic heterocycles. The summed E-state index contributed by atoms with van der Waals surface area (Å²) < 4.78 is 2.27. The number of piperidine rings is 1. The molecule has 1 saturated heterocycles. The SMILES string of the molecule is Cc1nc(Nc2ccccc2)c2nc(-c3ccccc3)n(CCN3CCCCC3)c2n1. The van der Waals surface area contributed by atoms with E-state index in [4.69, 9.17) is 9.97 Å². The Balaban J connectivity index is 1.58. The van der Waals surface area contributed by atoms with Crippen LogP contribution in [0.4, 0.5) is 11.5 Å². The van der Waals surface area contributed by atoms with E-state index in [2.05, 4.69) is 44.0 Å². The van der Waals surface area contributed by atoms with Crippen LogP contribution < -0.4 is 5.32 Å². The lowest BCUT2D eigenvalue weighted by atomic mass is 10.1. The Morgan fingerprint density at radius 3 is 2.26 bits per heavy atom. The third kappa shape index (κ3) is 4.30. The van der Waals surface area contributed by atoms with Gasteiger partial charge in [-0.1, -0.05) is 55.0 Å². The molecular weight excluding hydrogens is 384 g/mol. The van der Waals surface area contributed by atoms with Crippen LogP contribution in [0.15, 0.2) is 60.7 Å². The molecule has 2 aromatic carbocycles. The Bertz CT molecular complexity index is 1150. The maximum absolute atomic E-state index is 5.04. The van der Waals surface area contributed by atoms with Gasteiger partial charge in [0.1, 0.15) is 11.6 Å². The van der Waals surface area contributed by atoms with E-state index in [-0.39, 0.29) is 0 Å². The van der Waals surface area contributed by atoms with Crippen molar-refractivity contribution in [2.24, 2.45) is 0 Å². The average Bonchev–Trinajstić information content (AvgIpc) is 3.18. The number of aromatic nitrogens is 4. The summed E-state index contributed by atoms with van der Waals surface area (Å²) in [7, 11) is 0. The fourth-order valence-corrected chi connectivity index (χ4v) is 4.30. The van der Waals surface area contributed by atoms with Crippen molar-refractivity contribution in [3.63, 3.8) is 0 Å². The van der Waals surface area contributed by atoms with Crippen LogP contribution >= 0.6 is 0 Å². The summed E-state index contributed by atoms with van der Waals surface area (Å²) in [6.45, 7) is 6.18. The molecule has 0 saturated carbocycles. The Morgan fingerprint density at radius 1 is 0.806 bits per heavy atom. The molecule has 1 fully saturated rings. The summed E-state index contributed by atoms with van der Waals surface area (Å²) >= 11 is 0. The van der Waals surface area contributed by atoms with Crippen LogP contribution in [-0.4, -0.2) is 44.1 Å². The molecule has 3 heterocycles. The molecule has 0 radical (unpaired) electrons. The molecule has 0 atom stereocenters. The summed E-state index contributed by atoms with van der Waals surface area (Å²) in [6, 6.07) is 20.5. The molecule has 5 rings (SSSR count). The number of hydrogen-bond donors (Lipinski definition) is 1. The van der Waals surface area contributed by atoms with E-state index in [0.717, 1.165) is 53.0 Å². The van der Waals surface area contributed by atoms with Gasteiger partial charge < -0.3 is 14.8 Å². The number of benzene rings is 2. The standard InChI is InChI=1S/C25H28N6/c1-19-26-23(28-21-13-7-3-8-14-21)22-25(27-19)31(18-17-30-15-9-4-10-16-30)24(29-22)20-11-5-2-6-12-20/h2-3,5-8,11-14H,4,9-10,15-18H2,1H3,(H,26,27,28). The van der Waals surface area contributed by atoms with Crippen molar-refractivity contribution in [1.82, 2.24) is 24.4 Å². The highest BCUT2D eigenvalue weighted by Gasteiger charge is 2.19. The highest BCUT2D eigenvalue weighted by Crippen LogP contribution is 2.29. The quantitative estimate of drug-likeness (QED) is 0.481. The van der Waals surface area contributed by atoms with Crippen LogP contribution in [-0.2, 0) is 6.54 Å². The van der Waals surface area contributed by atoms with Gasteiger partial charge in [0.15, 0.2) is 17.0 Å². The van der Waals surface area contributed by atoms with E-state index in [9.17, 15) is 0 Å². The monoisotopic (exact) mass is 412 g/mol. The number of para-hydroxylation sites is 1. The fourth-order valence-electron chi connectivity index (χ4n) is 4.30.